The molecular formula is C29H20ClNO5. The lowest BCUT2D eigenvalue weighted by Crippen LogP contribution is -2.34. The highest BCUT2D eigenvalue weighted by molar-refractivity contribution is 6.41. The average Bonchev–Trinajstić information content (AvgIpc) is 2.90. The van der Waals surface area contributed by atoms with E-state index >= 15 is 0 Å². The molecule has 1 aliphatic carbocycles. The van der Waals surface area contributed by atoms with Crippen molar-refractivity contribution in [2.45, 2.75) is 6.92 Å². The van der Waals surface area contributed by atoms with Crippen molar-refractivity contribution in [1.82, 2.24) is 0 Å². The van der Waals surface area contributed by atoms with Gasteiger partial charge in [0.2, 0.25) is 0 Å². The Labute approximate surface area is 212 Å². The van der Waals surface area contributed by atoms with Crippen LogP contribution in [-0.4, -0.2) is 36.6 Å². The summed E-state index contributed by atoms with van der Waals surface area (Å²) in [4.78, 5) is 53.4. The first-order valence-electron chi connectivity index (χ1n) is 11.4. The Balaban J connectivity index is 1.38. The van der Waals surface area contributed by atoms with Gasteiger partial charge in [0, 0.05) is 28.6 Å². The van der Waals surface area contributed by atoms with Crippen LogP contribution in [0.4, 0.5) is 5.69 Å². The van der Waals surface area contributed by atoms with E-state index in [0.29, 0.717) is 17.8 Å². The summed E-state index contributed by atoms with van der Waals surface area (Å²) in [7, 11) is 0. The zero-order chi connectivity index (χ0) is 25.4. The predicted octanol–water partition coefficient (Wildman–Crippen LogP) is 5.48. The highest BCUT2D eigenvalue weighted by atomic mass is 35.5. The summed E-state index contributed by atoms with van der Waals surface area (Å²) in [5.41, 5.74) is 1.24. The lowest BCUT2D eigenvalue weighted by atomic mass is 9.83. The van der Waals surface area contributed by atoms with Gasteiger partial charge in [-0.2, -0.15) is 0 Å². The van der Waals surface area contributed by atoms with E-state index in [-0.39, 0.29) is 33.1 Å². The van der Waals surface area contributed by atoms with Crippen LogP contribution in [0.15, 0.2) is 78.9 Å². The van der Waals surface area contributed by atoms with E-state index < -0.39 is 24.3 Å². The summed E-state index contributed by atoms with van der Waals surface area (Å²) in [6.07, 6.45) is 0. The first-order valence-corrected chi connectivity index (χ1v) is 11.8. The van der Waals surface area contributed by atoms with Crippen molar-refractivity contribution >= 4 is 51.5 Å². The Morgan fingerprint density at radius 2 is 1.47 bits per heavy atom. The molecule has 0 radical (unpaired) electrons. The number of hydrogen-bond donors (Lipinski definition) is 0. The number of nitrogens with zero attached hydrogens (tertiary/aromatic N) is 1. The van der Waals surface area contributed by atoms with Crippen molar-refractivity contribution in [3.05, 3.63) is 112 Å². The van der Waals surface area contributed by atoms with Crippen LogP contribution < -0.4 is 4.90 Å². The Morgan fingerprint density at radius 1 is 0.806 bits per heavy atom. The van der Waals surface area contributed by atoms with Gasteiger partial charge in [-0.15, -0.1) is 0 Å². The van der Waals surface area contributed by atoms with Crippen LogP contribution in [0.5, 0.6) is 0 Å². The fraction of sp³-hybridized carbons (Fsp3) is 0.103. The summed E-state index contributed by atoms with van der Waals surface area (Å²) in [6, 6.07) is 22.6. The summed E-state index contributed by atoms with van der Waals surface area (Å²) in [6.45, 7) is 1.70. The van der Waals surface area contributed by atoms with Crippen LogP contribution in [-0.2, 0) is 9.53 Å². The SMILES string of the molecule is CCN(C(=O)COC(=O)c1ccc2c(c1Cl)C(=O)c1ccccc1C2=O)c1cccc2ccccc12. The molecule has 4 aromatic carbocycles. The van der Waals surface area contributed by atoms with E-state index in [4.69, 9.17) is 16.3 Å². The maximum atomic E-state index is 13.1. The fourth-order valence-corrected chi connectivity index (χ4v) is 4.84. The molecule has 1 amide bonds. The number of benzene rings is 4. The van der Waals surface area contributed by atoms with Gasteiger partial charge in [0.25, 0.3) is 5.91 Å². The van der Waals surface area contributed by atoms with Crippen LogP contribution in [0.2, 0.25) is 5.02 Å². The number of fused-ring (bicyclic) bond motifs is 3. The van der Waals surface area contributed by atoms with E-state index in [0.717, 1.165) is 10.8 Å². The van der Waals surface area contributed by atoms with Crippen molar-refractivity contribution in [1.29, 1.82) is 0 Å². The van der Waals surface area contributed by atoms with Crippen LogP contribution >= 0.6 is 11.6 Å². The van der Waals surface area contributed by atoms with Crippen molar-refractivity contribution in [2.24, 2.45) is 0 Å². The van der Waals surface area contributed by atoms with Gasteiger partial charge in [0.1, 0.15) is 0 Å². The van der Waals surface area contributed by atoms with Gasteiger partial charge in [-0.1, -0.05) is 72.3 Å². The molecule has 1 aliphatic rings. The molecule has 0 spiro atoms. The Hall–Kier alpha value is -4.29. The van der Waals surface area contributed by atoms with Crippen LogP contribution in [0.1, 0.15) is 49.1 Å². The fourth-order valence-electron chi connectivity index (χ4n) is 4.51. The monoisotopic (exact) mass is 497 g/mol. The molecule has 7 heteroatoms. The third-order valence-corrected chi connectivity index (χ3v) is 6.64. The van der Waals surface area contributed by atoms with Gasteiger partial charge in [-0.25, -0.2) is 4.79 Å². The lowest BCUT2D eigenvalue weighted by Gasteiger charge is -2.23. The Morgan fingerprint density at radius 3 is 2.22 bits per heavy atom. The predicted molar refractivity (Wildman–Crippen MR) is 137 cm³/mol. The maximum Gasteiger partial charge on any atom is 0.340 e. The van der Waals surface area contributed by atoms with Crippen molar-refractivity contribution in [2.75, 3.05) is 18.1 Å². The Bertz CT molecular complexity index is 1570. The highest BCUT2D eigenvalue weighted by Gasteiger charge is 2.33. The van der Waals surface area contributed by atoms with Gasteiger partial charge in [0.15, 0.2) is 18.2 Å². The molecule has 4 aromatic rings. The highest BCUT2D eigenvalue weighted by Crippen LogP contribution is 2.34. The van der Waals surface area contributed by atoms with Gasteiger partial charge < -0.3 is 9.64 Å². The topological polar surface area (TPSA) is 80.8 Å². The van der Waals surface area contributed by atoms with Crippen molar-refractivity contribution in [3.63, 3.8) is 0 Å². The number of rotatable bonds is 5. The summed E-state index contributed by atoms with van der Waals surface area (Å²) in [5.74, 6) is -2.05. The largest absolute Gasteiger partial charge is 0.452 e. The van der Waals surface area contributed by atoms with E-state index in [1.54, 1.807) is 29.2 Å². The molecule has 0 heterocycles. The molecule has 6 nitrogen and oxygen atoms in total. The summed E-state index contributed by atoms with van der Waals surface area (Å²) in [5, 5.41) is 1.72. The molecule has 0 aliphatic heterocycles. The number of anilines is 1. The molecular weight excluding hydrogens is 478 g/mol. The smallest absolute Gasteiger partial charge is 0.340 e. The zero-order valence-electron chi connectivity index (χ0n) is 19.3. The second kappa shape index (κ2) is 9.40. The maximum absolute atomic E-state index is 13.1. The molecule has 36 heavy (non-hydrogen) atoms. The van der Waals surface area contributed by atoms with Crippen LogP contribution in [0.3, 0.4) is 0 Å². The van der Waals surface area contributed by atoms with Gasteiger partial charge in [-0.05, 0) is 30.5 Å². The first-order chi connectivity index (χ1) is 17.4. The molecule has 0 fully saturated rings. The first kappa shape index (κ1) is 23.5. The molecule has 0 aromatic heterocycles. The number of ether oxygens (including phenoxy) is 1. The molecule has 0 bridgehead atoms. The number of likely N-dealkylation sites (N-methyl/N-ethyl adjacent to an activating group) is 1. The molecule has 0 unspecified atom stereocenters. The molecule has 0 saturated carbocycles. The van der Waals surface area contributed by atoms with Crippen LogP contribution in [0, 0.1) is 0 Å². The summed E-state index contributed by atoms with van der Waals surface area (Å²) < 4.78 is 5.30. The van der Waals surface area contributed by atoms with Crippen molar-refractivity contribution < 1.29 is 23.9 Å². The number of esters is 1. The minimum absolute atomic E-state index is 0.0351. The van der Waals surface area contributed by atoms with Gasteiger partial charge >= 0.3 is 5.97 Å². The number of carbonyl (C=O) groups is 4. The molecule has 0 N–H and O–H groups in total. The normalized spacial score (nSPS) is 12.2. The summed E-state index contributed by atoms with van der Waals surface area (Å²) >= 11 is 6.45. The third-order valence-electron chi connectivity index (χ3n) is 6.25. The lowest BCUT2D eigenvalue weighted by molar-refractivity contribution is -0.121. The molecule has 0 atom stereocenters. The second-order valence-electron chi connectivity index (χ2n) is 8.27. The van der Waals surface area contributed by atoms with E-state index in [9.17, 15) is 19.2 Å². The minimum atomic E-state index is -0.857. The molecule has 178 valence electrons. The van der Waals surface area contributed by atoms with E-state index in [1.165, 1.54) is 12.1 Å². The molecule has 5 rings (SSSR count). The number of halogens is 1. The molecule has 0 saturated heterocycles. The van der Waals surface area contributed by atoms with E-state index in [1.807, 2.05) is 49.4 Å². The van der Waals surface area contributed by atoms with Gasteiger partial charge in [0.05, 0.1) is 21.8 Å². The zero-order valence-corrected chi connectivity index (χ0v) is 20.0. The number of carbonyl (C=O) groups excluding carboxylic acids is 4. The quantitative estimate of drug-likeness (QED) is 0.300. The van der Waals surface area contributed by atoms with Crippen LogP contribution in [0.25, 0.3) is 10.8 Å². The standard InChI is InChI=1S/C29H20ClNO5/c1-2-31(23-13-7-9-17-8-3-4-10-18(17)23)24(32)16-36-29(35)22-15-14-21-25(26(22)30)28(34)20-12-6-5-11-19(20)27(21)33/h3-15H,2,16H2,1H3. The second-order valence-corrected chi connectivity index (χ2v) is 8.64. The van der Waals surface area contributed by atoms with E-state index in [2.05, 4.69) is 0 Å². The average molecular weight is 498 g/mol. The number of ketones is 2. The van der Waals surface area contributed by atoms with Gasteiger partial charge in [-0.3, -0.25) is 14.4 Å². The number of hydrogen-bond acceptors (Lipinski definition) is 5. The third kappa shape index (κ3) is 3.85. The van der Waals surface area contributed by atoms with Crippen molar-refractivity contribution in [3.8, 4) is 0 Å². The Kier molecular flexibility index (Phi) is 6.12. The number of amides is 1. The minimum Gasteiger partial charge on any atom is -0.452 e.